The molecule has 0 radical (unpaired) electrons. The van der Waals surface area contributed by atoms with Crippen molar-refractivity contribution in [1.82, 2.24) is 0 Å². The Bertz CT molecular complexity index is 831. The number of ether oxygens (including phenoxy) is 6. The van der Waals surface area contributed by atoms with Crippen molar-refractivity contribution >= 4 is 23.2 Å². The highest BCUT2D eigenvalue weighted by molar-refractivity contribution is 6.42. The maximum Gasteiger partial charge on any atom is 0.321 e. The van der Waals surface area contributed by atoms with Gasteiger partial charge in [0.2, 0.25) is 0 Å². The second-order valence-electron chi connectivity index (χ2n) is 5.77. The Hall–Kier alpha value is -3.82. The molecule has 0 aromatic heterocycles. The molecular formula is C20H24N2O8. The van der Waals surface area contributed by atoms with E-state index in [0.29, 0.717) is 11.5 Å². The van der Waals surface area contributed by atoms with Gasteiger partial charge in [-0.25, -0.2) is 0 Å². The van der Waals surface area contributed by atoms with Crippen molar-refractivity contribution in [3.8, 4) is 34.5 Å². The summed E-state index contributed by atoms with van der Waals surface area (Å²) in [6.07, 6.45) is 0. The highest BCUT2D eigenvalue weighted by Crippen LogP contribution is 2.50. The maximum absolute atomic E-state index is 13.0. The molecule has 2 aromatic carbocycles. The van der Waals surface area contributed by atoms with E-state index in [1.54, 1.807) is 0 Å². The van der Waals surface area contributed by atoms with E-state index in [1.807, 2.05) is 0 Å². The van der Waals surface area contributed by atoms with Gasteiger partial charge in [-0.1, -0.05) is 0 Å². The molecule has 30 heavy (non-hydrogen) atoms. The van der Waals surface area contributed by atoms with Crippen LogP contribution in [0.1, 0.15) is 0 Å². The van der Waals surface area contributed by atoms with Crippen LogP contribution in [0.25, 0.3) is 0 Å². The molecule has 0 atom stereocenters. The predicted octanol–water partition coefficient (Wildman–Crippen LogP) is 1.89. The summed E-state index contributed by atoms with van der Waals surface area (Å²) in [5.74, 6) is -0.739. The number of hydrogen-bond donors (Lipinski definition) is 1. The van der Waals surface area contributed by atoms with E-state index in [-0.39, 0.29) is 34.4 Å². The first-order valence-corrected chi connectivity index (χ1v) is 8.60. The van der Waals surface area contributed by atoms with Gasteiger partial charge in [-0.3, -0.25) is 14.5 Å². The Labute approximate surface area is 174 Å². The topological polar surface area (TPSA) is 119 Å². The van der Waals surface area contributed by atoms with Crippen LogP contribution in [0.5, 0.6) is 34.5 Å². The van der Waals surface area contributed by atoms with Crippen LogP contribution >= 0.6 is 0 Å². The van der Waals surface area contributed by atoms with Gasteiger partial charge in [0, 0.05) is 24.3 Å². The van der Waals surface area contributed by atoms with E-state index < -0.39 is 11.8 Å². The lowest BCUT2D eigenvalue weighted by atomic mass is 10.1. The van der Waals surface area contributed by atoms with Gasteiger partial charge in [0.15, 0.2) is 23.0 Å². The molecule has 0 bridgehead atoms. The van der Waals surface area contributed by atoms with Gasteiger partial charge in [-0.05, 0) is 0 Å². The normalized spacial score (nSPS) is 10.1. The van der Waals surface area contributed by atoms with Crippen LogP contribution in [-0.2, 0) is 9.59 Å². The molecule has 162 valence electrons. The number of carbonyl (C=O) groups excluding carboxylic acids is 2. The van der Waals surface area contributed by atoms with E-state index in [4.69, 9.17) is 34.2 Å². The summed E-state index contributed by atoms with van der Waals surface area (Å²) in [5, 5.41) is 0. The molecule has 0 saturated heterocycles. The standard InChI is InChI=1S/C20H24N2O8/c1-25-11-7-13(27-3)17(14(8-11)28-4)22(20(24)19(21)23)18-15(29-5)9-12(26-2)10-16(18)30-6/h7-10H,1-6H3,(H2,21,23). The number of hydrogen-bond acceptors (Lipinski definition) is 8. The molecule has 0 unspecified atom stereocenters. The Morgan fingerprint density at radius 1 is 0.633 bits per heavy atom. The minimum atomic E-state index is -1.21. The van der Waals surface area contributed by atoms with Gasteiger partial charge in [-0.2, -0.15) is 0 Å². The summed E-state index contributed by atoms with van der Waals surface area (Å²) >= 11 is 0. The summed E-state index contributed by atoms with van der Waals surface area (Å²) in [6, 6.07) is 6.12. The summed E-state index contributed by atoms with van der Waals surface area (Å²) in [6.45, 7) is 0. The molecule has 0 saturated carbocycles. The smallest absolute Gasteiger partial charge is 0.321 e. The predicted molar refractivity (Wildman–Crippen MR) is 109 cm³/mol. The molecule has 10 nitrogen and oxygen atoms in total. The van der Waals surface area contributed by atoms with E-state index in [2.05, 4.69) is 0 Å². The first-order valence-electron chi connectivity index (χ1n) is 8.60. The molecule has 0 aliphatic heterocycles. The van der Waals surface area contributed by atoms with Crippen LogP contribution in [0.4, 0.5) is 11.4 Å². The third-order valence-electron chi connectivity index (χ3n) is 4.24. The second-order valence-corrected chi connectivity index (χ2v) is 5.77. The Morgan fingerprint density at radius 3 is 1.13 bits per heavy atom. The SMILES string of the molecule is COc1cc(OC)c(N(C(=O)C(N)=O)c2c(OC)cc(OC)cc2OC)c(OC)c1. The number of primary amides is 1. The molecule has 0 aliphatic carbocycles. The van der Waals surface area contributed by atoms with Gasteiger partial charge < -0.3 is 34.2 Å². The summed E-state index contributed by atoms with van der Waals surface area (Å²) in [4.78, 5) is 26.0. The van der Waals surface area contributed by atoms with Crippen LogP contribution in [0.15, 0.2) is 24.3 Å². The van der Waals surface area contributed by atoms with Crippen molar-refractivity contribution in [2.24, 2.45) is 5.73 Å². The number of nitrogens with zero attached hydrogens (tertiary/aromatic N) is 1. The van der Waals surface area contributed by atoms with Gasteiger partial charge in [0.25, 0.3) is 0 Å². The molecule has 2 aromatic rings. The number of benzene rings is 2. The maximum atomic E-state index is 13.0. The molecule has 0 spiro atoms. The molecule has 0 fully saturated rings. The van der Waals surface area contributed by atoms with Crippen LogP contribution in [0.3, 0.4) is 0 Å². The van der Waals surface area contributed by atoms with Crippen molar-refractivity contribution in [2.75, 3.05) is 47.6 Å². The van der Waals surface area contributed by atoms with Crippen molar-refractivity contribution in [2.45, 2.75) is 0 Å². The van der Waals surface area contributed by atoms with Gasteiger partial charge in [0.1, 0.15) is 22.9 Å². The van der Waals surface area contributed by atoms with Crippen molar-refractivity contribution in [3.05, 3.63) is 24.3 Å². The lowest BCUT2D eigenvalue weighted by molar-refractivity contribution is -0.135. The van der Waals surface area contributed by atoms with E-state index in [0.717, 1.165) is 4.90 Å². The zero-order valence-electron chi connectivity index (χ0n) is 17.6. The van der Waals surface area contributed by atoms with Crippen molar-refractivity contribution in [3.63, 3.8) is 0 Å². The molecule has 2 rings (SSSR count). The van der Waals surface area contributed by atoms with Crippen molar-refractivity contribution < 1.29 is 38.0 Å². The second kappa shape index (κ2) is 9.59. The number of nitrogens with two attached hydrogens (primary N) is 1. The van der Waals surface area contributed by atoms with Crippen LogP contribution in [-0.4, -0.2) is 54.5 Å². The summed E-state index contributed by atoms with van der Waals surface area (Å²) < 4.78 is 32.3. The zero-order valence-corrected chi connectivity index (χ0v) is 17.6. The Morgan fingerprint density at radius 2 is 0.933 bits per heavy atom. The van der Waals surface area contributed by atoms with E-state index >= 15 is 0 Å². The number of rotatable bonds is 8. The summed E-state index contributed by atoms with van der Waals surface area (Å²) in [5.41, 5.74) is 5.55. The van der Waals surface area contributed by atoms with Crippen molar-refractivity contribution in [1.29, 1.82) is 0 Å². The summed E-state index contributed by atoms with van der Waals surface area (Å²) in [7, 11) is 8.52. The lowest BCUT2D eigenvalue weighted by Gasteiger charge is -2.28. The lowest BCUT2D eigenvalue weighted by Crippen LogP contribution is -2.38. The zero-order chi connectivity index (χ0) is 22.4. The van der Waals surface area contributed by atoms with E-state index in [1.165, 1.54) is 66.9 Å². The molecule has 2 N–H and O–H groups in total. The fourth-order valence-electron chi connectivity index (χ4n) is 2.84. The first kappa shape index (κ1) is 22.5. The number of carbonyl (C=O) groups is 2. The molecule has 10 heteroatoms. The fraction of sp³-hybridized carbons (Fsp3) is 0.300. The largest absolute Gasteiger partial charge is 0.496 e. The number of anilines is 2. The van der Waals surface area contributed by atoms with Crippen LogP contribution in [0.2, 0.25) is 0 Å². The van der Waals surface area contributed by atoms with Crippen LogP contribution in [0, 0.1) is 0 Å². The molecule has 0 aliphatic rings. The average molecular weight is 420 g/mol. The quantitative estimate of drug-likeness (QED) is 0.643. The molecule has 0 heterocycles. The minimum absolute atomic E-state index is 0.103. The average Bonchev–Trinajstić information content (AvgIpc) is 2.78. The van der Waals surface area contributed by atoms with Gasteiger partial charge in [-0.15, -0.1) is 0 Å². The van der Waals surface area contributed by atoms with Gasteiger partial charge >= 0.3 is 11.8 Å². The third kappa shape index (κ3) is 4.12. The molecule has 2 amide bonds. The van der Waals surface area contributed by atoms with Gasteiger partial charge in [0.05, 0.1) is 42.7 Å². The van der Waals surface area contributed by atoms with E-state index in [9.17, 15) is 9.59 Å². The van der Waals surface area contributed by atoms with Crippen LogP contribution < -0.4 is 39.1 Å². The third-order valence-corrected chi connectivity index (χ3v) is 4.24. The monoisotopic (exact) mass is 420 g/mol. The Kier molecular flexibility index (Phi) is 7.18. The minimum Gasteiger partial charge on any atom is -0.496 e. The Balaban J connectivity index is 2.96. The highest BCUT2D eigenvalue weighted by atomic mass is 16.5. The fourth-order valence-corrected chi connectivity index (χ4v) is 2.84. The first-order chi connectivity index (χ1) is 14.4. The number of amides is 2. The molecular weight excluding hydrogens is 396 g/mol. The highest BCUT2D eigenvalue weighted by Gasteiger charge is 2.34. The number of methoxy groups -OCH3 is 6.